The fourth-order valence-electron chi connectivity index (χ4n) is 2.72. The lowest BCUT2D eigenvalue weighted by Gasteiger charge is -2.17. The molecular formula is C20H17ClN2O4. The third kappa shape index (κ3) is 4.01. The number of halogens is 1. The summed E-state index contributed by atoms with van der Waals surface area (Å²) in [4.78, 5) is 24.5. The Hall–Kier alpha value is -3.12. The van der Waals surface area contributed by atoms with Crippen molar-refractivity contribution in [1.82, 2.24) is 4.90 Å². The number of benzene rings is 2. The van der Waals surface area contributed by atoms with Crippen LogP contribution in [0.4, 0.5) is 5.69 Å². The summed E-state index contributed by atoms with van der Waals surface area (Å²) >= 11 is 6.12. The quantitative estimate of drug-likeness (QED) is 0.453. The monoisotopic (exact) mass is 384 g/mol. The molecule has 0 radical (unpaired) electrons. The molecule has 6 nitrogen and oxygen atoms in total. The highest BCUT2D eigenvalue weighted by atomic mass is 35.5. The molecule has 1 heterocycles. The first-order valence-corrected chi connectivity index (χ1v) is 8.58. The van der Waals surface area contributed by atoms with E-state index < -0.39 is 4.92 Å². The average Bonchev–Trinajstić information content (AvgIpc) is 3.12. The maximum Gasteiger partial charge on any atom is 0.289 e. The van der Waals surface area contributed by atoms with Gasteiger partial charge in [0.15, 0.2) is 5.76 Å². The summed E-state index contributed by atoms with van der Waals surface area (Å²) in [7, 11) is 1.70. The molecule has 0 atom stereocenters. The van der Waals surface area contributed by atoms with E-state index in [9.17, 15) is 14.9 Å². The van der Waals surface area contributed by atoms with Gasteiger partial charge in [0.2, 0.25) is 0 Å². The Morgan fingerprint density at radius 3 is 2.59 bits per heavy atom. The van der Waals surface area contributed by atoms with Crippen LogP contribution in [-0.4, -0.2) is 22.8 Å². The number of hydrogen-bond acceptors (Lipinski definition) is 4. The van der Waals surface area contributed by atoms with E-state index in [-0.39, 0.29) is 22.4 Å². The predicted octanol–water partition coefficient (Wildman–Crippen LogP) is 5.09. The molecule has 0 aliphatic heterocycles. The smallest absolute Gasteiger partial charge is 0.289 e. The minimum absolute atomic E-state index is 0.107. The van der Waals surface area contributed by atoms with Crippen LogP contribution in [0, 0.1) is 17.0 Å². The van der Waals surface area contributed by atoms with E-state index >= 15 is 0 Å². The first-order valence-electron chi connectivity index (χ1n) is 8.21. The van der Waals surface area contributed by atoms with Crippen LogP contribution in [0.25, 0.3) is 11.3 Å². The Morgan fingerprint density at radius 2 is 1.93 bits per heavy atom. The first kappa shape index (κ1) is 18.7. The summed E-state index contributed by atoms with van der Waals surface area (Å²) in [5, 5.41) is 11.0. The number of amides is 1. The lowest BCUT2D eigenvalue weighted by atomic mass is 10.1. The number of carbonyl (C=O) groups excluding carboxylic acids is 1. The van der Waals surface area contributed by atoms with Crippen molar-refractivity contribution in [1.29, 1.82) is 0 Å². The van der Waals surface area contributed by atoms with Gasteiger partial charge in [-0.15, -0.1) is 0 Å². The molecule has 1 aromatic heterocycles. The van der Waals surface area contributed by atoms with Gasteiger partial charge in [-0.25, -0.2) is 0 Å². The molecule has 0 aliphatic carbocycles. The van der Waals surface area contributed by atoms with Crippen molar-refractivity contribution in [3.05, 3.63) is 86.6 Å². The second-order valence-corrected chi connectivity index (χ2v) is 6.58. The van der Waals surface area contributed by atoms with Crippen LogP contribution < -0.4 is 0 Å². The van der Waals surface area contributed by atoms with Crippen molar-refractivity contribution in [3.63, 3.8) is 0 Å². The molecule has 138 valence electrons. The molecule has 2 aromatic carbocycles. The topological polar surface area (TPSA) is 76.6 Å². The Balaban J connectivity index is 1.80. The van der Waals surface area contributed by atoms with E-state index in [0.29, 0.717) is 17.9 Å². The maximum atomic E-state index is 12.6. The van der Waals surface area contributed by atoms with Crippen molar-refractivity contribution in [2.45, 2.75) is 13.5 Å². The number of carbonyl (C=O) groups is 1. The second kappa shape index (κ2) is 7.63. The van der Waals surface area contributed by atoms with Crippen LogP contribution in [0.1, 0.15) is 21.7 Å². The number of furan rings is 1. The Morgan fingerprint density at radius 1 is 1.19 bits per heavy atom. The van der Waals surface area contributed by atoms with E-state index in [1.54, 1.807) is 24.1 Å². The van der Waals surface area contributed by atoms with Gasteiger partial charge in [0.25, 0.3) is 11.6 Å². The summed E-state index contributed by atoms with van der Waals surface area (Å²) in [6, 6.07) is 15.2. The normalized spacial score (nSPS) is 10.6. The third-order valence-electron chi connectivity index (χ3n) is 4.26. The van der Waals surface area contributed by atoms with Crippen LogP contribution in [0.2, 0.25) is 5.02 Å². The summed E-state index contributed by atoms with van der Waals surface area (Å²) < 4.78 is 5.66. The van der Waals surface area contributed by atoms with E-state index in [0.717, 1.165) is 11.1 Å². The Labute approximate surface area is 161 Å². The average molecular weight is 385 g/mol. The van der Waals surface area contributed by atoms with Gasteiger partial charge in [-0.05, 0) is 36.2 Å². The molecule has 0 unspecified atom stereocenters. The molecule has 3 rings (SSSR count). The van der Waals surface area contributed by atoms with Crippen molar-refractivity contribution in [2.24, 2.45) is 0 Å². The summed E-state index contributed by atoms with van der Waals surface area (Å²) in [5.74, 6) is 0.292. The van der Waals surface area contributed by atoms with Crippen molar-refractivity contribution < 1.29 is 14.1 Å². The zero-order chi connectivity index (χ0) is 19.6. The standard InChI is InChI=1S/C20H17ClN2O4/c1-13-5-3-4-6-14(13)12-22(2)20(24)19-10-9-18(27-19)16-8-7-15(23(25)26)11-17(16)21/h3-11H,12H2,1-2H3. The number of aryl methyl sites for hydroxylation is 1. The molecule has 0 N–H and O–H groups in total. The summed E-state index contributed by atoms with van der Waals surface area (Å²) in [5.41, 5.74) is 2.54. The fraction of sp³-hybridized carbons (Fsp3) is 0.150. The molecule has 3 aromatic rings. The van der Waals surface area contributed by atoms with Gasteiger partial charge in [0.1, 0.15) is 5.76 Å². The minimum atomic E-state index is -0.521. The van der Waals surface area contributed by atoms with Crippen LogP contribution in [-0.2, 0) is 6.54 Å². The van der Waals surface area contributed by atoms with E-state index in [1.165, 1.54) is 18.2 Å². The molecule has 0 saturated carbocycles. The zero-order valence-corrected chi connectivity index (χ0v) is 15.6. The van der Waals surface area contributed by atoms with E-state index in [4.69, 9.17) is 16.0 Å². The Kier molecular flexibility index (Phi) is 5.28. The zero-order valence-electron chi connectivity index (χ0n) is 14.8. The van der Waals surface area contributed by atoms with Crippen LogP contribution in [0.15, 0.2) is 59.0 Å². The van der Waals surface area contributed by atoms with E-state index in [1.807, 2.05) is 31.2 Å². The van der Waals surface area contributed by atoms with Crippen molar-refractivity contribution in [2.75, 3.05) is 7.05 Å². The molecule has 0 spiro atoms. The number of nitro groups is 1. The van der Waals surface area contributed by atoms with Gasteiger partial charge in [0, 0.05) is 31.3 Å². The molecule has 1 amide bonds. The lowest BCUT2D eigenvalue weighted by molar-refractivity contribution is -0.384. The number of non-ortho nitro benzene ring substituents is 1. The van der Waals surface area contributed by atoms with Crippen molar-refractivity contribution in [3.8, 4) is 11.3 Å². The van der Waals surface area contributed by atoms with Gasteiger partial charge in [-0.1, -0.05) is 35.9 Å². The molecule has 7 heteroatoms. The summed E-state index contributed by atoms with van der Waals surface area (Å²) in [6.07, 6.45) is 0. The fourth-order valence-corrected chi connectivity index (χ4v) is 2.99. The van der Waals surface area contributed by atoms with Crippen LogP contribution >= 0.6 is 11.6 Å². The van der Waals surface area contributed by atoms with Crippen LogP contribution in [0.3, 0.4) is 0 Å². The molecule has 27 heavy (non-hydrogen) atoms. The highest BCUT2D eigenvalue weighted by Gasteiger charge is 2.19. The second-order valence-electron chi connectivity index (χ2n) is 6.17. The number of nitro benzene ring substituents is 1. The van der Waals surface area contributed by atoms with Crippen molar-refractivity contribution >= 4 is 23.2 Å². The molecule has 0 fully saturated rings. The Bertz CT molecular complexity index is 1010. The number of hydrogen-bond donors (Lipinski definition) is 0. The lowest BCUT2D eigenvalue weighted by Crippen LogP contribution is -2.26. The highest BCUT2D eigenvalue weighted by molar-refractivity contribution is 6.33. The van der Waals surface area contributed by atoms with Crippen LogP contribution in [0.5, 0.6) is 0 Å². The van der Waals surface area contributed by atoms with Gasteiger partial charge >= 0.3 is 0 Å². The van der Waals surface area contributed by atoms with Gasteiger partial charge < -0.3 is 9.32 Å². The highest BCUT2D eigenvalue weighted by Crippen LogP contribution is 2.32. The first-order chi connectivity index (χ1) is 12.9. The molecule has 0 aliphatic rings. The predicted molar refractivity (Wildman–Crippen MR) is 103 cm³/mol. The van der Waals surface area contributed by atoms with Gasteiger partial charge in [-0.3, -0.25) is 14.9 Å². The maximum absolute atomic E-state index is 12.6. The molecular weight excluding hydrogens is 368 g/mol. The van der Waals surface area contributed by atoms with E-state index in [2.05, 4.69) is 0 Å². The number of nitrogens with zero attached hydrogens (tertiary/aromatic N) is 2. The van der Waals surface area contributed by atoms with Gasteiger partial charge in [-0.2, -0.15) is 0 Å². The third-order valence-corrected chi connectivity index (χ3v) is 4.57. The largest absolute Gasteiger partial charge is 0.451 e. The van der Waals surface area contributed by atoms with Gasteiger partial charge in [0.05, 0.1) is 9.95 Å². The molecule has 0 saturated heterocycles. The SMILES string of the molecule is Cc1ccccc1CN(C)C(=O)c1ccc(-c2ccc([N+](=O)[O-])cc2Cl)o1. The minimum Gasteiger partial charge on any atom is -0.451 e. The molecule has 0 bridgehead atoms. The summed E-state index contributed by atoms with van der Waals surface area (Å²) in [6.45, 7) is 2.45. The number of rotatable bonds is 5.